The number of hydrogen-bond acceptors (Lipinski definition) is 2. The van der Waals surface area contributed by atoms with Crippen LogP contribution in [-0.2, 0) is 5.41 Å². The first-order valence-electron chi connectivity index (χ1n) is 6.94. The molecule has 0 bridgehead atoms. The van der Waals surface area contributed by atoms with E-state index in [-0.39, 0.29) is 5.41 Å². The van der Waals surface area contributed by atoms with Crippen LogP contribution in [0.25, 0.3) is 0 Å². The number of carbonyl (C=O) groups is 1. The van der Waals surface area contributed by atoms with Gasteiger partial charge in [0, 0.05) is 5.41 Å². The van der Waals surface area contributed by atoms with Crippen LogP contribution in [0.3, 0.4) is 0 Å². The number of nitrogens with zero attached hydrogens (tertiary/aromatic N) is 2. The van der Waals surface area contributed by atoms with Crippen molar-refractivity contribution in [2.75, 3.05) is 11.7 Å². The Morgan fingerprint density at radius 2 is 1.57 bits per heavy atom. The van der Waals surface area contributed by atoms with E-state index < -0.39 is 6.09 Å². The molecule has 0 aromatic heterocycles. The number of hydrazine groups is 1. The molecule has 2 aromatic carbocycles. The third kappa shape index (κ3) is 2.44. The first-order valence-corrected chi connectivity index (χ1v) is 6.94. The van der Waals surface area contributed by atoms with Crippen LogP contribution in [0.2, 0.25) is 0 Å². The summed E-state index contributed by atoms with van der Waals surface area (Å²) in [4.78, 5) is 10.8. The van der Waals surface area contributed by atoms with Gasteiger partial charge in [0.25, 0.3) is 0 Å². The number of amides is 1. The van der Waals surface area contributed by atoms with Crippen LogP contribution in [0.4, 0.5) is 10.5 Å². The van der Waals surface area contributed by atoms with Gasteiger partial charge >= 0.3 is 6.09 Å². The number of hydrogen-bond donors (Lipinski definition) is 1. The molecule has 4 heteroatoms. The Labute approximate surface area is 124 Å². The summed E-state index contributed by atoms with van der Waals surface area (Å²) in [5, 5.41) is 11.9. The molecular formula is C17H18N2O2. The molecule has 1 N–H and O–H groups in total. The Hall–Kier alpha value is -2.49. The Kier molecular flexibility index (Phi) is 3.09. The van der Waals surface area contributed by atoms with Gasteiger partial charge < -0.3 is 5.11 Å². The van der Waals surface area contributed by atoms with E-state index in [2.05, 4.69) is 38.1 Å². The summed E-state index contributed by atoms with van der Waals surface area (Å²) in [6, 6.07) is 18.5. The van der Waals surface area contributed by atoms with E-state index in [9.17, 15) is 4.79 Å². The van der Waals surface area contributed by atoms with Gasteiger partial charge in [-0.05, 0) is 23.3 Å². The van der Waals surface area contributed by atoms with Crippen LogP contribution in [0, 0.1) is 0 Å². The van der Waals surface area contributed by atoms with E-state index in [4.69, 9.17) is 5.11 Å². The van der Waals surface area contributed by atoms with E-state index in [0.717, 1.165) is 5.69 Å². The number of anilines is 1. The van der Waals surface area contributed by atoms with Crippen molar-refractivity contribution in [2.45, 2.75) is 19.3 Å². The lowest BCUT2D eigenvalue weighted by Crippen LogP contribution is -2.19. The molecule has 4 nitrogen and oxygen atoms in total. The second-order valence-electron chi connectivity index (χ2n) is 5.76. The minimum absolute atomic E-state index is 0.0782. The zero-order valence-electron chi connectivity index (χ0n) is 12.2. The van der Waals surface area contributed by atoms with Crippen molar-refractivity contribution < 1.29 is 9.90 Å². The van der Waals surface area contributed by atoms with E-state index in [0.29, 0.717) is 6.67 Å². The van der Waals surface area contributed by atoms with Crippen LogP contribution >= 0.6 is 0 Å². The molecule has 21 heavy (non-hydrogen) atoms. The quantitative estimate of drug-likeness (QED) is 0.873. The van der Waals surface area contributed by atoms with Gasteiger partial charge in [-0.15, -0.1) is 0 Å². The molecule has 2 aromatic rings. The second kappa shape index (κ2) is 4.81. The maximum atomic E-state index is 10.8. The molecule has 108 valence electrons. The third-order valence-corrected chi connectivity index (χ3v) is 4.08. The number of rotatable bonds is 3. The van der Waals surface area contributed by atoms with Crippen LogP contribution < -0.4 is 5.01 Å². The molecule has 1 fully saturated rings. The average molecular weight is 282 g/mol. The summed E-state index contributed by atoms with van der Waals surface area (Å²) in [6.07, 6.45) is -0.913. The molecule has 1 saturated heterocycles. The Morgan fingerprint density at radius 3 is 2.10 bits per heavy atom. The van der Waals surface area contributed by atoms with Crippen molar-refractivity contribution in [3.63, 3.8) is 0 Å². The summed E-state index contributed by atoms with van der Waals surface area (Å²) >= 11 is 0. The SMILES string of the molecule is CC(C)(c1ccccc1)c1ccc(N2CN2C(=O)O)cc1. The molecule has 0 atom stereocenters. The van der Waals surface area contributed by atoms with E-state index in [1.807, 2.05) is 30.3 Å². The zero-order chi connectivity index (χ0) is 15.0. The van der Waals surface area contributed by atoms with Gasteiger partial charge in [-0.3, -0.25) is 5.01 Å². The van der Waals surface area contributed by atoms with Gasteiger partial charge in [-0.1, -0.05) is 56.3 Å². The van der Waals surface area contributed by atoms with Crippen LogP contribution in [0.15, 0.2) is 54.6 Å². The maximum Gasteiger partial charge on any atom is 0.428 e. The van der Waals surface area contributed by atoms with Gasteiger partial charge in [0.1, 0.15) is 6.67 Å². The van der Waals surface area contributed by atoms with Gasteiger partial charge in [0.2, 0.25) is 0 Å². The van der Waals surface area contributed by atoms with Crippen LogP contribution in [0.5, 0.6) is 0 Å². The molecule has 1 aliphatic heterocycles. The zero-order valence-corrected chi connectivity index (χ0v) is 12.2. The predicted molar refractivity (Wildman–Crippen MR) is 82.2 cm³/mol. The van der Waals surface area contributed by atoms with Crippen molar-refractivity contribution in [1.29, 1.82) is 0 Å². The lowest BCUT2D eigenvalue weighted by atomic mass is 9.78. The smallest absolute Gasteiger partial charge is 0.428 e. The molecular weight excluding hydrogens is 264 g/mol. The highest BCUT2D eigenvalue weighted by Gasteiger charge is 2.36. The summed E-state index contributed by atoms with van der Waals surface area (Å²) < 4.78 is 0. The highest BCUT2D eigenvalue weighted by atomic mass is 16.4. The molecule has 0 unspecified atom stereocenters. The second-order valence-corrected chi connectivity index (χ2v) is 5.76. The largest absolute Gasteiger partial charge is 0.464 e. The lowest BCUT2D eigenvalue weighted by molar-refractivity contribution is 0.178. The number of benzene rings is 2. The third-order valence-electron chi connectivity index (χ3n) is 4.08. The maximum absolute atomic E-state index is 10.8. The fraction of sp³-hybridized carbons (Fsp3) is 0.235. The summed E-state index contributed by atoms with van der Waals surface area (Å²) in [5.74, 6) is 0. The van der Waals surface area contributed by atoms with Crippen molar-refractivity contribution in [2.24, 2.45) is 0 Å². The molecule has 1 amide bonds. The average Bonchev–Trinajstić information content (AvgIpc) is 3.29. The van der Waals surface area contributed by atoms with Crippen LogP contribution in [0.1, 0.15) is 25.0 Å². The molecule has 1 heterocycles. The predicted octanol–water partition coefficient (Wildman–Crippen LogP) is 3.69. The molecule has 0 radical (unpaired) electrons. The molecule has 3 rings (SSSR count). The number of carboxylic acid groups (broad SMARTS) is 1. The summed E-state index contributed by atoms with van der Waals surface area (Å²) in [7, 11) is 0. The van der Waals surface area contributed by atoms with Crippen molar-refractivity contribution in [1.82, 2.24) is 5.01 Å². The van der Waals surface area contributed by atoms with Gasteiger partial charge in [0.15, 0.2) is 0 Å². The monoisotopic (exact) mass is 282 g/mol. The topological polar surface area (TPSA) is 43.3 Å². The van der Waals surface area contributed by atoms with E-state index >= 15 is 0 Å². The summed E-state index contributed by atoms with van der Waals surface area (Å²) in [6.45, 7) is 4.83. The molecule has 0 spiro atoms. The molecule has 0 saturated carbocycles. The lowest BCUT2D eigenvalue weighted by Gasteiger charge is -2.26. The fourth-order valence-electron chi connectivity index (χ4n) is 2.56. The normalized spacial score (nSPS) is 14.2. The highest BCUT2D eigenvalue weighted by molar-refractivity contribution is 5.73. The first-order chi connectivity index (χ1) is 10.00. The van der Waals surface area contributed by atoms with Crippen molar-refractivity contribution in [3.05, 3.63) is 65.7 Å². The first kappa shape index (κ1) is 13.5. The minimum Gasteiger partial charge on any atom is -0.464 e. The van der Waals surface area contributed by atoms with Gasteiger partial charge in [0.05, 0.1) is 5.69 Å². The van der Waals surface area contributed by atoms with E-state index in [1.54, 1.807) is 5.01 Å². The minimum atomic E-state index is -0.913. The van der Waals surface area contributed by atoms with Crippen molar-refractivity contribution in [3.8, 4) is 0 Å². The van der Waals surface area contributed by atoms with Gasteiger partial charge in [-0.25, -0.2) is 4.79 Å². The molecule has 0 aliphatic carbocycles. The Balaban J connectivity index is 1.83. The fourth-order valence-corrected chi connectivity index (χ4v) is 2.56. The Bertz CT molecular complexity index is 650. The van der Waals surface area contributed by atoms with Crippen LogP contribution in [-0.4, -0.2) is 22.9 Å². The molecule has 1 aliphatic rings. The van der Waals surface area contributed by atoms with Crippen molar-refractivity contribution >= 4 is 11.8 Å². The van der Waals surface area contributed by atoms with E-state index in [1.165, 1.54) is 16.1 Å². The Morgan fingerprint density at radius 1 is 1.00 bits per heavy atom. The summed E-state index contributed by atoms with van der Waals surface area (Å²) in [5.41, 5.74) is 3.30. The standard InChI is InChI=1S/C17H18N2O2/c1-17(2,13-6-4-3-5-7-13)14-8-10-15(11-9-14)18-12-19(18)16(20)21/h3-11H,12H2,1-2H3,(H,20,21). The highest BCUT2D eigenvalue weighted by Crippen LogP contribution is 2.34. The van der Waals surface area contributed by atoms with Gasteiger partial charge in [-0.2, -0.15) is 5.01 Å².